The standard InChI is InChI=1S/C7H2ClF3N2O5/c8-5(14)2-1-3(13(16)17)12-6(15)4(2)18-7(9,10)11/h1H,(H,12,15). The lowest BCUT2D eigenvalue weighted by Gasteiger charge is -2.09. The SMILES string of the molecule is O=C(Cl)c1cc([N+](=O)[O-])[nH]c(=O)c1OC(F)(F)F. The van der Waals surface area contributed by atoms with E-state index in [9.17, 15) is 32.9 Å². The molecule has 1 aromatic rings. The number of hydrogen-bond acceptors (Lipinski definition) is 5. The van der Waals surface area contributed by atoms with Crippen LogP contribution in [-0.4, -0.2) is 21.5 Å². The molecule has 98 valence electrons. The summed E-state index contributed by atoms with van der Waals surface area (Å²) in [7, 11) is 0. The van der Waals surface area contributed by atoms with Gasteiger partial charge in [-0.1, -0.05) is 0 Å². The van der Waals surface area contributed by atoms with E-state index in [4.69, 9.17) is 11.6 Å². The van der Waals surface area contributed by atoms with Gasteiger partial charge in [-0.2, -0.15) is 0 Å². The fourth-order valence-electron chi connectivity index (χ4n) is 0.995. The number of aromatic amines is 1. The highest BCUT2D eigenvalue weighted by Gasteiger charge is 2.36. The van der Waals surface area contributed by atoms with Gasteiger partial charge in [0.15, 0.2) is 0 Å². The fourth-order valence-corrected chi connectivity index (χ4v) is 1.14. The summed E-state index contributed by atoms with van der Waals surface area (Å²) in [5, 5.41) is 8.85. The van der Waals surface area contributed by atoms with Crippen molar-refractivity contribution >= 4 is 22.7 Å². The first-order chi connectivity index (χ1) is 8.11. The molecule has 1 N–H and O–H groups in total. The van der Waals surface area contributed by atoms with Crippen LogP contribution < -0.4 is 10.3 Å². The van der Waals surface area contributed by atoms with E-state index in [1.54, 1.807) is 0 Å². The Hall–Kier alpha value is -2.10. The van der Waals surface area contributed by atoms with Crippen LogP contribution in [0.5, 0.6) is 5.75 Å². The van der Waals surface area contributed by atoms with Crippen LogP contribution in [-0.2, 0) is 0 Å². The van der Waals surface area contributed by atoms with E-state index in [2.05, 4.69) is 4.74 Å². The monoisotopic (exact) mass is 286 g/mol. The largest absolute Gasteiger partial charge is 0.573 e. The van der Waals surface area contributed by atoms with Crippen LogP contribution in [0.3, 0.4) is 0 Å². The smallest absolute Gasteiger partial charge is 0.397 e. The number of nitro groups is 1. The fraction of sp³-hybridized carbons (Fsp3) is 0.143. The first kappa shape index (κ1) is 14.0. The quantitative estimate of drug-likeness (QED) is 0.516. The summed E-state index contributed by atoms with van der Waals surface area (Å²) in [5.74, 6) is -2.44. The lowest BCUT2D eigenvalue weighted by molar-refractivity contribution is -0.389. The first-order valence-corrected chi connectivity index (χ1v) is 4.37. The highest BCUT2D eigenvalue weighted by atomic mass is 35.5. The summed E-state index contributed by atoms with van der Waals surface area (Å²) in [6.07, 6.45) is -5.25. The number of H-pyrrole nitrogens is 1. The van der Waals surface area contributed by atoms with Crippen molar-refractivity contribution < 1.29 is 27.6 Å². The Kier molecular flexibility index (Phi) is 3.60. The molecule has 0 aliphatic heterocycles. The van der Waals surface area contributed by atoms with Gasteiger partial charge in [-0.05, 0) is 16.5 Å². The van der Waals surface area contributed by atoms with Gasteiger partial charge in [-0.25, -0.2) is 9.78 Å². The third-order valence-corrected chi connectivity index (χ3v) is 1.80. The van der Waals surface area contributed by atoms with Crippen LogP contribution in [0.4, 0.5) is 19.0 Å². The van der Waals surface area contributed by atoms with Crippen molar-refractivity contribution in [2.75, 3.05) is 0 Å². The molecule has 18 heavy (non-hydrogen) atoms. The molecule has 0 radical (unpaired) electrons. The van der Waals surface area contributed by atoms with Crippen LogP contribution >= 0.6 is 11.6 Å². The molecule has 0 aromatic carbocycles. The number of carbonyl (C=O) groups excluding carboxylic acids is 1. The summed E-state index contributed by atoms with van der Waals surface area (Å²) >= 11 is 4.92. The predicted octanol–water partition coefficient (Wildman–Crippen LogP) is 1.56. The molecule has 7 nitrogen and oxygen atoms in total. The molecule has 1 heterocycles. The first-order valence-electron chi connectivity index (χ1n) is 3.99. The van der Waals surface area contributed by atoms with Crippen LogP contribution in [0.25, 0.3) is 0 Å². The molecule has 0 fully saturated rings. The number of ether oxygens (including phenoxy) is 1. The van der Waals surface area contributed by atoms with Gasteiger partial charge in [0.25, 0.3) is 5.24 Å². The van der Waals surface area contributed by atoms with Gasteiger partial charge in [-0.3, -0.25) is 4.79 Å². The maximum Gasteiger partial charge on any atom is 0.573 e. The highest BCUT2D eigenvalue weighted by molar-refractivity contribution is 6.68. The van der Waals surface area contributed by atoms with Gasteiger partial charge in [-0.15, -0.1) is 13.2 Å². The topological polar surface area (TPSA) is 102 Å². The molecular formula is C7H2ClF3N2O5. The second-order valence-electron chi connectivity index (χ2n) is 2.81. The molecule has 1 rings (SSSR count). The van der Waals surface area contributed by atoms with E-state index >= 15 is 0 Å². The Morgan fingerprint density at radius 2 is 2.06 bits per heavy atom. The van der Waals surface area contributed by atoms with Crippen molar-refractivity contribution in [1.82, 2.24) is 4.98 Å². The molecule has 0 unspecified atom stereocenters. The normalized spacial score (nSPS) is 11.1. The molecule has 0 amide bonds. The number of pyridine rings is 1. The molecule has 0 atom stereocenters. The highest BCUT2D eigenvalue weighted by Crippen LogP contribution is 2.25. The maximum absolute atomic E-state index is 12.0. The Morgan fingerprint density at radius 3 is 2.44 bits per heavy atom. The zero-order chi connectivity index (χ0) is 14.1. The molecule has 0 aliphatic rings. The third kappa shape index (κ3) is 3.20. The lowest BCUT2D eigenvalue weighted by Crippen LogP contribution is -2.25. The van der Waals surface area contributed by atoms with Gasteiger partial charge in [0.2, 0.25) is 5.75 Å². The van der Waals surface area contributed by atoms with Crippen LogP contribution in [0, 0.1) is 10.1 Å². The second kappa shape index (κ2) is 4.64. The van der Waals surface area contributed by atoms with E-state index in [1.807, 2.05) is 0 Å². The van der Waals surface area contributed by atoms with E-state index in [-0.39, 0.29) is 0 Å². The summed E-state index contributed by atoms with van der Waals surface area (Å²) in [6.45, 7) is 0. The lowest BCUT2D eigenvalue weighted by atomic mass is 10.2. The van der Waals surface area contributed by atoms with Gasteiger partial charge in [0.05, 0.1) is 5.56 Å². The van der Waals surface area contributed by atoms with E-state index in [0.717, 1.165) is 0 Å². The van der Waals surface area contributed by atoms with Gasteiger partial charge >= 0.3 is 17.7 Å². The zero-order valence-corrected chi connectivity index (χ0v) is 8.83. The van der Waals surface area contributed by atoms with E-state index in [1.165, 1.54) is 4.98 Å². The van der Waals surface area contributed by atoms with Crippen LogP contribution in [0.15, 0.2) is 10.9 Å². The van der Waals surface area contributed by atoms with E-state index < -0.39 is 39.2 Å². The van der Waals surface area contributed by atoms with Gasteiger partial charge in [0, 0.05) is 6.07 Å². The Bertz CT molecular complexity index is 567. The summed E-state index contributed by atoms with van der Waals surface area (Å²) < 4.78 is 39.2. The van der Waals surface area contributed by atoms with Crippen LogP contribution in [0.2, 0.25) is 0 Å². The Balaban J connectivity index is 3.47. The number of aromatic nitrogens is 1. The second-order valence-corrected chi connectivity index (χ2v) is 3.15. The Morgan fingerprint density at radius 1 is 1.50 bits per heavy atom. The van der Waals surface area contributed by atoms with Crippen LogP contribution in [0.1, 0.15) is 10.4 Å². The van der Waals surface area contributed by atoms with Crippen molar-refractivity contribution in [2.24, 2.45) is 0 Å². The van der Waals surface area contributed by atoms with Crippen molar-refractivity contribution in [3.05, 3.63) is 32.1 Å². The van der Waals surface area contributed by atoms with Crippen molar-refractivity contribution in [2.45, 2.75) is 6.36 Å². The van der Waals surface area contributed by atoms with Gasteiger partial charge in [0.1, 0.15) is 0 Å². The number of rotatable bonds is 3. The van der Waals surface area contributed by atoms with Crippen molar-refractivity contribution in [3.8, 4) is 5.75 Å². The summed E-state index contributed by atoms with van der Waals surface area (Å²) in [5.41, 5.74) is -2.64. The minimum atomic E-state index is -5.25. The minimum Gasteiger partial charge on any atom is -0.397 e. The average molecular weight is 287 g/mol. The van der Waals surface area contributed by atoms with Crippen molar-refractivity contribution in [1.29, 1.82) is 0 Å². The van der Waals surface area contributed by atoms with Gasteiger partial charge < -0.3 is 14.9 Å². The van der Waals surface area contributed by atoms with Crippen molar-refractivity contribution in [3.63, 3.8) is 0 Å². The minimum absolute atomic E-state index is 0.373. The number of carbonyl (C=O) groups is 1. The molecule has 1 aromatic heterocycles. The molecule has 0 spiro atoms. The molecule has 0 bridgehead atoms. The molecule has 0 aliphatic carbocycles. The molecule has 11 heteroatoms. The average Bonchev–Trinajstić information content (AvgIpc) is 2.18. The predicted molar refractivity (Wildman–Crippen MR) is 50.6 cm³/mol. The zero-order valence-electron chi connectivity index (χ0n) is 8.08. The molecule has 0 saturated carbocycles. The Labute approximate surface area is 100 Å². The number of alkyl halides is 3. The number of nitrogens with zero attached hydrogens (tertiary/aromatic N) is 1. The number of nitrogens with one attached hydrogen (secondary N) is 1. The summed E-state index contributed by atoms with van der Waals surface area (Å²) in [6, 6.07) is 0.373. The molecule has 0 saturated heterocycles. The molecular weight excluding hydrogens is 285 g/mol. The number of hydrogen-bond donors (Lipinski definition) is 1. The summed E-state index contributed by atoms with van der Waals surface area (Å²) in [4.78, 5) is 32.7. The number of halogens is 4. The maximum atomic E-state index is 12.0. The van der Waals surface area contributed by atoms with E-state index in [0.29, 0.717) is 6.07 Å². The third-order valence-electron chi connectivity index (χ3n) is 1.60.